The van der Waals surface area contributed by atoms with Gasteiger partial charge in [0.25, 0.3) is 5.91 Å². The number of nitrogens with two attached hydrogens (primary N) is 1. The van der Waals surface area contributed by atoms with Crippen molar-refractivity contribution in [1.29, 1.82) is 0 Å². The van der Waals surface area contributed by atoms with Crippen LogP contribution in [0.1, 0.15) is 48.6 Å². The minimum Gasteiger partial charge on any atom is -0.333 e. The second-order valence-electron chi connectivity index (χ2n) is 5.61. The Balaban J connectivity index is 2.07. The molecule has 0 aliphatic carbocycles. The van der Waals surface area contributed by atoms with Crippen LogP contribution in [0.25, 0.3) is 0 Å². The maximum Gasteiger partial charge on any atom is 0.273 e. The number of carbonyl (C=O) groups excluding carboxylic acids is 1. The van der Waals surface area contributed by atoms with Crippen LogP contribution in [0.2, 0.25) is 0 Å². The number of piperidine rings is 1. The number of aromatic nitrogens is 1. The van der Waals surface area contributed by atoms with Gasteiger partial charge in [-0.3, -0.25) is 4.79 Å². The van der Waals surface area contributed by atoms with Crippen molar-refractivity contribution < 1.29 is 4.79 Å². The summed E-state index contributed by atoms with van der Waals surface area (Å²) >= 11 is 1.59. The molecule has 1 amide bonds. The van der Waals surface area contributed by atoms with Gasteiger partial charge in [0.05, 0.1) is 5.01 Å². The summed E-state index contributed by atoms with van der Waals surface area (Å²) in [5.41, 5.74) is 6.37. The molecule has 2 heterocycles. The van der Waals surface area contributed by atoms with E-state index in [1.165, 1.54) is 6.42 Å². The first kappa shape index (κ1) is 14.5. The van der Waals surface area contributed by atoms with Crippen molar-refractivity contribution in [3.05, 3.63) is 16.1 Å². The van der Waals surface area contributed by atoms with Gasteiger partial charge in [-0.2, -0.15) is 0 Å². The SMILES string of the molecule is CC(C)Cc1nc(C(=O)N2CCCCC2CN)cs1. The van der Waals surface area contributed by atoms with Crippen LogP contribution in [0.15, 0.2) is 5.38 Å². The third-order valence-corrected chi connectivity index (χ3v) is 4.38. The van der Waals surface area contributed by atoms with Gasteiger partial charge in [0.15, 0.2) is 0 Å². The highest BCUT2D eigenvalue weighted by molar-refractivity contribution is 7.09. The predicted octanol–water partition coefficient (Wildman–Crippen LogP) is 2.29. The molecular weight excluding hydrogens is 258 g/mol. The smallest absolute Gasteiger partial charge is 0.273 e. The number of rotatable bonds is 4. The zero-order valence-electron chi connectivity index (χ0n) is 11.8. The predicted molar refractivity (Wildman–Crippen MR) is 78.4 cm³/mol. The summed E-state index contributed by atoms with van der Waals surface area (Å²) in [6.07, 6.45) is 4.20. The number of thiazole rings is 1. The topological polar surface area (TPSA) is 59.2 Å². The molecule has 5 heteroatoms. The molecule has 0 aromatic carbocycles. The van der Waals surface area contributed by atoms with E-state index in [0.29, 0.717) is 18.2 Å². The Morgan fingerprint density at radius 1 is 1.58 bits per heavy atom. The Kier molecular flexibility index (Phi) is 4.93. The average Bonchev–Trinajstić information content (AvgIpc) is 2.85. The van der Waals surface area contributed by atoms with Crippen LogP contribution in [0.5, 0.6) is 0 Å². The third-order valence-electron chi connectivity index (χ3n) is 3.51. The number of nitrogens with zero attached hydrogens (tertiary/aromatic N) is 2. The molecule has 106 valence electrons. The minimum atomic E-state index is 0.0569. The van der Waals surface area contributed by atoms with Crippen LogP contribution >= 0.6 is 11.3 Å². The summed E-state index contributed by atoms with van der Waals surface area (Å²) in [4.78, 5) is 18.9. The minimum absolute atomic E-state index is 0.0569. The summed E-state index contributed by atoms with van der Waals surface area (Å²) in [6, 6.07) is 0.191. The number of hydrogen-bond donors (Lipinski definition) is 1. The standard InChI is InChI=1S/C14H23N3OS/c1-10(2)7-13-16-12(9-19-13)14(18)17-6-4-3-5-11(17)8-15/h9-11H,3-8,15H2,1-2H3. The molecular formula is C14H23N3OS. The van der Waals surface area contributed by atoms with Gasteiger partial charge in [-0.15, -0.1) is 11.3 Å². The monoisotopic (exact) mass is 281 g/mol. The van der Waals surface area contributed by atoms with Gasteiger partial charge in [0.2, 0.25) is 0 Å². The molecule has 2 N–H and O–H groups in total. The molecule has 2 rings (SSSR count). The molecule has 1 atom stereocenters. The van der Waals surface area contributed by atoms with Crippen LogP contribution in [0.3, 0.4) is 0 Å². The maximum atomic E-state index is 12.5. The first-order valence-electron chi connectivity index (χ1n) is 7.07. The molecule has 1 aromatic heterocycles. The molecule has 1 unspecified atom stereocenters. The first-order valence-corrected chi connectivity index (χ1v) is 7.95. The molecule has 0 saturated carbocycles. The number of likely N-dealkylation sites (tertiary alicyclic amines) is 1. The Morgan fingerprint density at radius 2 is 2.37 bits per heavy atom. The van der Waals surface area contributed by atoms with Crippen molar-refractivity contribution in [1.82, 2.24) is 9.88 Å². The second kappa shape index (κ2) is 6.48. The van der Waals surface area contributed by atoms with Crippen LogP contribution in [-0.2, 0) is 6.42 Å². The lowest BCUT2D eigenvalue weighted by molar-refractivity contribution is 0.0618. The summed E-state index contributed by atoms with van der Waals surface area (Å²) in [7, 11) is 0. The van der Waals surface area contributed by atoms with Crippen LogP contribution in [-0.4, -0.2) is 34.9 Å². The maximum absolute atomic E-state index is 12.5. The third kappa shape index (κ3) is 3.54. The van der Waals surface area contributed by atoms with Crippen LogP contribution in [0.4, 0.5) is 0 Å². The van der Waals surface area contributed by atoms with Crippen molar-refractivity contribution in [2.45, 2.75) is 45.6 Å². The van der Waals surface area contributed by atoms with E-state index in [-0.39, 0.29) is 11.9 Å². The molecule has 19 heavy (non-hydrogen) atoms. The van der Waals surface area contributed by atoms with E-state index in [4.69, 9.17) is 5.73 Å². The number of carbonyl (C=O) groups is 1. The van der Waals surface area contributed by atoms with E-state index in [0.717, 1.165) is 30.8 Å². The van der Waals surface area contributed by atoms with Crippen molar-refractivity contribution in [3.8, 4) is 0 Å². The summed E-state index contributed by atoms with van der Waals surface area (Å²) in [5, 5.41) is 2.95. The van der Waals surface area contributed by atoms with Gasteiger partial charge < -0.3 is 10.6 Å². The molecule has 0 bridgehead atoms. The van der Waals surface area contributed by atoms with Gasteiger partial charge in [0, 0.05) is 30.9 Å². The fraction of sp³-hybridized carbons (Fsp3) is 0.714. The van der Waals surface area contributed by atoms with E-state index < -0.39 is 0 Å². The summed E-state index contributed by atoms with van der Waals surface area (Å²) in [5.74, 6) is 0.627. The van der Waals surface area contributed by atoms with Gasteiger partial charge in [0.1, 0.15) is 5.69 Å². The van der Waals surface area contributed by atoms with Gasteiger partial charge in [-0.25, -0.2) is 4.98 Å². The van der Waals surface area contributed by atoms with Crippen molar-refractivity contribution in [2.75, 3.05) is 13.1 Å². The number of hydrogen-bond acceptors (Lipinski definition) is 4. The lowest BCUT2D eigenvalue weighted by atomic mass is 10.0. The zero-order valence-corrected chi connectivity index (χ0v) is 12.6. The van der Waals surface area contributed by atoms with Gasteiger partial charge in [-0.1, -0.05) is 13.8 Å². The van der Waals surface area contributed by atoms with Gasteiger partial charge in [-0.05, 0) is 25.2 Å². The molecule has 1 aromatic rings. The van der Waals surface area contributed by atoms with E-state index in [1.807, 2.05) is 10.3 Å². The van der Waals surface area contributed by atoms with Crippen molar-refractivity contribution in [3.63, 3.8) is 0 Å². The van der Waals surface area contributed by atoms with E-state index in [1.54, 1.807) is 11.3 Å². The Hall–Kier alpha value is -0.940. The van der Waals surface area contributed by atoms with Crippen molar-refractivity contribution in [2.24, 2.45) is 11.7 Å². The summed E-state index contributed by atoms with van der Waals surface area (Å²) in [6.45, 7) is 5.70. The molecule has 1 saturated heterocycles. The largest absolute Gasteiger partial charge is 0.333 e. The molecule has 1 aliphatic heterocycles. The Morgan fingerprint density at radius 3 is 3.05 bits per heavy atom. The Bertz CT molecular complexity index is 430. The average molecular weight is 281 g/mol. The fourth-order valence-corrected chi connectivity index (χ4v) is 3.49. The summed E-state index contributed by atoms with van der Waals surface area (Å²) < 4.78 is 0. The molecule has 0 radical (unpaired) electrons. The molecule has 0 spiro atoms. The lowest BCUT2D eigenvalue weighted by Gasteiger charge is -2.34. The zero-order chi connectivity index (χ0) is 13.8. The van der Waals surface area contributed by atoms with E-state index in [9.17, 15) is 4.79 Å². The highest BCUT2D eigenvalue weighted by Gasteiger charge is 2.27. The molecule has 4 nitrogen and oxygen atoms in total. The fourth-order valence-electron chi connectivity index (χ4n) is 2.51. The quantitative estimate of drug-likeness (QED) is 0.921. The van der Waals surface area contributed by atoms with E-state index >= 15 is 0 Å². The first-order chi connectivity index (χ1) is 9.11. The van der Waals surface area contributed by atoms with Gasteiger partial charge >= 0.3 is 0 Å². The number of amides is 1. The highest BCUT2D eigenvalue weighted by atomic mass is 32.1. The molecule has 1 aliphatic rings. The highest BCUT2D eigenvalue weighted by Crippen LogP contribution is 2.21. The van der Waals surface area contributed by atoms with Crippen LogP contribution in [0, 0.1) is 5.92 Å². The second-order valence-corrected chi connectivity index (χ2v) is 6.55. The van der Waals surface area contributed by atoms with Crippen LogP contribution < -0.4 is 5.73 Å². The van der Waals surface area contributed by atoms with E-state index in [2.05, 4.69) is 18.8 Å². The molecule has 1 fully saturated rings. The van der Waals surface area contributed by atoms with Crippen molar-refractivity contribution >= 4 is 17.2 Å². The Labute approximate surface area is 119 Å². The lowest BCUT2D eigenvalue weighted by Crippen LogP contribution is -2.47. The normalized spacial score (nSPS) is 20.0.